The minimum Gasteiger partial charge on any atom is -0.385 e. The van der Waals surface area contributed by atoms with Crippen LogP contribution in [0, 0.1) is 10.1 Å². The first kappa shape index (κ1) is 17.2. The summed E-state index contributed by atoms with van der Waals surface area (Å²) < 4.78 is 5.61. The molecule has 0 aromatic heterocycles. The average molecular weight is 295 g/mol. The Balaban J connectivity index is 2.84. The van der Waals surface area contributed by atoms with E-state index in [-0.39, 0.29) is 16.2 Å². The van der Waals surface area contributed by atoms with Crippen molar-refractivity contribution in [1.82, 2.24) is 0 Å². The van der Waals surface area contributed by atoms with Gasteiger partial charge in [0.2, 0.25) is 0 Å². The van der Waals surface area contributed by atoms with Crippen LogP contribution in [-0.2, 0) is 4.74 Å². The molecule has 6 nitrogen and oxygen atoms in total. The largest absolute Gasteiger partial charge is 0.385 e. The molecule has 0 bridgehead atoms. The van der Waals surface area contributed by atoms with Crippen molar-refractivity contribution in [1.29, 1.82) is 0 Å². The van der Waals surface area contributed by atoms with Gasteiger partial charge in [-0.05, 0) is 33.3 Å². The topological polar surface area (TPSA) is 76.4 Å². The Bertz CT molecular complexity index is 475. The summed E-state index contributed by atoms with van der Waals surface area (Å²) >= 11 is 0. The van der Waals surface area contributed by atoms with Gasteiger partial charge in [-0.2, -0.15) is 0 Å². The Morgan fingerprint density at radius 3 is 2.33 bits per heavy atom. The zero-order chi connectivity index (χ0) is 15.9. The van der Waals surface area contributed by atoms with Crippen LogP contribution in [-0.4, -0.2) is 30.2 Å². The van der Waals surface area contributed by atoms with Gasteiger partial charge in [-0.15, -0.1) is 0 Å². The van der Waals surface area contributed by atoms with Crippen LogP contribution < -0.4 is 10.6 Å². The molecule has 0 unspecified atom stereocenters. The van der Waals surface area contributed by atoms with Gasteiger partial charge in [0.15, 0.2) is 0 Å². The quantitative estimate of drug-likeness (QED) is 0.537. The van der Waals surface area contributed by atoms with E-state index in [1.807, 2.05) is 33.8 Å². The third kappa shape index (κ3) is 5.99. The molecule has 0 aliphatic rings. The summed E-state index contributed by atoms with van der Waals surface area (Å²) in [5.41, 5.74) is 1.22. The molecule has 0 saturated carbocycles. The molecule has 1 rings (SSSR count). The maximum atomic E-state index is 11.0. The van der Waals surface area contributed by atoms with Crippen LogP contribution in [0.3, 0.4) is 0 Å². The highest BCUT2D eigenvalue weighted by atomic mass is 16.6. The summed E-state index contributed by atoms with van der Waals surface area (Å²) in [4.78, 5) is 10.6. The van der Waals surface area contributed by atoms with Crippen LogP contribution in [0.25, 0.3) is 0 Å². The van der Waals surface area contributed by atoms with Crippen molar-refractivity contribution in [3.8, 4) is 0 Å². The first-order valence-electron chi connectivity index (χ1n) is 7.29. The van der Waals surface area contributed by atoms with Crippen LogP contribution >= 0.6 is 0 Å². The fraction of sp³-hybridized carbons (Fsp3) is 0.600. The van der Waals surface area contributed by atoms with Gasteiger partial charge in [-0.3, -0.25) is 10.1 Å². The van der Waals surface area contributed by atoms with Crippen molar-refractivity contribution in [3.05, 3.63) is 28.3 Å². The van der Waals surface area contributed by atoms with Gasteiger partial charge in [0, 0.05) is 43.2 Å². The smallest absolute Gasteiger partial charge is 0.273 e. The predicted molar refractivity (Wildman–Crippen MR) is 86.1 cm³/mol. The molecule has 0 saturated heterocycles. The number of benzene rings is 1. The summed E-state index contributed by atoms with van der Waals surface area (Å²) in [5.74, 6) is 0. The third-order valence-corrected chi connectivity index (χ3v) is 2.96. The minimum absolute atomic E-state index is 0.0767. The zero-order valence-corrected chi connectivity index (χ0v) is 13.2. The third-order valence-electron chi connectivity index (χ3n) is 2.96. The Morgan fingerprint density at radius 1 is 1.19 bits per heavy atom. The minimum atomic E-state index is -0.379. The van der Waals surface area contributed by atoms with E-state index in [0.717, 1.165) is 24.3 Å². The fourth-order valence-electron chi connectivity index (χ4n) is 1.95. The number of rotatable bonds is 9. The molecule has 0 amide bonds. The van der Waals surface area contributed by atoms with Crippen LogP contribution in [0.4, 0.5) is 17.1 Å². The number of nitro groups is 1. The summed E-state index contributed by atoms with van der Waals surface area (Å²) in [6.07, 6.45) is 0.961. The van der Waals surface area contributed by atoms with Crippen LogP contribution in [0.2, 0.25) is 0 Å². The molecule has 0 atom stereocenters. The molecule has 1 aromatic rings. The predicted octanol–water partition coefficient (Wildman–Crippen LogP) is 3.64. The van der Waals surface area contributed by atoms with Gasteiger partial charge in [0.1, 0.15) is 0 Å². The molecule has 0 heterocycles. The molecular formula is C15H25N3O3. The standard InChI is InChI=1S/C15H25N3O3/c1-5-7-16-12-8-13(10-14(9-12)18(19)20)17-11-15(3,4)21-6-2/h8-10,16-17H,5-7,11H2,1-4H3. The van der Waals surface area contributed by atoms with Crippen molar-refractivity contribution < 1.29 is 9.66 Å². The van der Waals surface area contributed by atoms with E-state index in [4.69, 9.17) is 4.74 Å². The Morgan fingerprint density at radius 2 is 1.81 bits per heavy atom. The second-order valence-corrected chi connectivity index (χ2v) is 5.50. The second-order valence-electron chi connectivity index (χ2n) is 5.50. The van der Waals surface area contributed by atoms with Crippen molar-refractivity contribution in [2.24, 2.45) is 0 Å². The van der Waals surface area contributed by atoms with E-state index in [0.29, 0.717) is 13.2 Å². The molecule has 0 radical (unpaired) electrons. The maximum Gasteiger partial charge on any atom is 0.273 e. The van der Waals surface area contributed by atoms with E-state index >= 15 is 0 Å². The van der Waals surface area contributed by atoms with Crippen LogP contribution in [0.1, 0.15) is 34.1 Å². The first-order valence-corrected chi connectivity index (χ1v) is 7.29. The summed E-state index contributed by atoms with van der Waals surface area (Å²) in [6.45, 7) is 9.96. The molecule has 0 aliphatic carbocycles. The lowest BCUT2D eigenvalue weighted by molar-refractivity contribution is -0.384. The number of hydrogen-bond acceptors (Lipinski definition) is 5. The second kappa shape index (κ2) is 7.83. The van der Waals surface area contributed by atoms with Gasteiger partial charge in [-0.1, -0.05) is 6.92 Å². The molecular weight excluding hydrogens is 270 g/mol. The Kier molecular flexibility index (Phi) is 6.42. The van der Waals surface area contributed by atoms with Crippen molar-refractivity contribution in [2.75, 3.05) is 30.3 Å². The maximum absolute atomic E-state index is 11.0. The number of anilines is 2. The van der Waals surface area contributed by atoms with E-state index in [9.17, 15) is 10.1 Å². The Labute approximate surface area is 126 Å². The van der Waals surface area contributed by atoms with E-state index in [2.05, 4.69) is 10.6 Å². The number of nitrogens with zero attached hydrogens (tertiary/aromatic N) is 1. The molecule has 2 N–H and O–H groups in total. The SMILES string of the molecule is CCCNc1cc(NCC(C)(C)OCC)cc([N+](=O)[O-])c1. The average Bonchev–Trinajstić information content (AvgIpc) is 2.43. The molecule has 1 aromatic carbocycles. The summed E-state index contributed by atoms with van der Waals surface area (Å²) in [5, 5.41) is 17.4. The number of non-ortho nitro benzene ring substituents is 1. The molecule has 21 heavy (non-hydrogen) atoms. The molecule has 118 valence electrons. The Hall–Kier alpha value is -1.82. The van der Waals surface area contributed by atoms with Crippen molar-refractivity contribution in [3.63, 3.8) is 0 Å². The monoisotopic (exact) mass is 295 g/mol. The molecule has 0 aliphatic heterocycles. The lowest BCUT2D eigenvalue weighted by atomic mass is 10.1. The molecule has 0 fully saturated rings. The summed E-state index contributed by atoms with van der Waals surface area (Å²) in [7, 11) is 0. The zero-order valence-electron chi connectivity index (χ0n) is 13.2. The highest BCUT2D eigenvalue weighted by Crippen LogP contribution is 2.25. The summed E-state index contributed by atoms with van der Waals surface area (Å²) in [6, 6.07) is 4.97. The number of ether oxygens (including phenoxy) is 1. The normalized spacial score (nSPS) is 11.2. The first-order chi connectivity index (χ1) is 9.88. The number of hydrogen-bond donors (Lipinski definition) is 2. The molecule has 0 spiro atoms. The van der Waals surface area contributed by atoms with Crippen LogP contribution in [0.15, 0.2) is 18.2 Å². The van der Waals surface area contributed by atoms with Gasteiger partial charge in [0.25, 0.3) is 5.69 Å². The van der Waals surface area contributed by atoms with Gasteiger partial charge < -0.3 is 15.4 Å². The highest BCUT2D eigenvalue weighted by molar-refractivity contribution is 5.63. The van der Waals surface area contributed by atoms with Gasteiger partial charge >= 0.3 is 0 Å². The van der Waals surface area contributed by atoms with E-state index < -0.39 is 0 Å². The van der Waals surface area contributed by atoms with Gasteiger partial charge in [0.05, 0.1) is 10.5 Å². The lowest BCUT2D eigenvalue weighted by Crippen LogP contribution is -2.33. The fourth-order valence-corrected chi connectivity index (χ4v) is 1.95. The lowest BCUT2D eigenvalue weighted by Gasteiger charge is -2.25. The number of nitro benzene ring substituents is 1. The van der Waals surface area contributed by atoms with Crippen molar-refractivity contribution >= 4 is 17.1 Å². The van der Waals surface area contributed by atoms with Crippen molar-refractivity contribution in [2.45, 2.75) is 39.7 Å². The van der Waals surface area contributed by atoms with E-state index in [1.54, 1.807) is 12.1 Å². The molecule has 6 heteroatoms. The number of nitrogens with one attached hydrogen (secondary N) is 2. The van der Waals surface area contributed by atoms with Crippen LogP contribution in [0.5, 0.6) is 0 Å². The van der Waals surface area contributed by atoms with Gasteiger partial charge in [-0.25, -0.2) is 0 Å². The van der Waals surface area contributed by atoms with E-state index in [1.165, 1.54) is 0 Å². The highest BCUT2D eigenvalue weighted by Gasteiger charge is 2.18.